The molecule has 0 spiro atoms. The minimum atomic E-state index is -1.16. The second kappa shape index (κ2) is 8.43. The predicted molar refractivity (Wildman–Crippen MR) is 117 cm³/mol. The van der Waals surface area contributed by atoms with Gasteiger partial charge in [-0.2, -0.15) is 0 Å². The normalized spacial score (nSPS) is 17.1. The van der Waals surface area contributed by atoms with Crippen LogP contribution >= 0.6 is 0 Å². The van der Waals surface area contributed by atoms with E-state index >= 15 is 0 Å². The number of benzene rings is 3. The van der Waals surface area contributed by atoms with Crippen molar-refractivity contribution in [3.8, 4) is 28.7 Å². The quantitative estimate of drug-likeness (QED) is 0.628. The molecule has 0 unspecified atom stereocenters. The van der Waals surface area contributed by atoms with Gasteiger partial charge in [-0.05, 0) is 35.4 Å². The molecule has 1 aliphatic rings. The minimum absolute atomic E-state index is 0.0970. The van der Waals surface area contributed by atoms with Gasteiger partial charge >= 0.3 is 0 Å². The molecule has 4 rings (SSSR count). The smallest absolute Gasteiger partial charge is 0.197 e. The maximum absolute atomic E-state index is 13.7. The number of ketones is 1. The summed E-state index contributed by atoms with van der Waals surface area (Å²) in [6.07, 6.45) is -1.16. The van der Waals surface area contributed by atoms with Crippen molar-refractivity contribution in [2.75, 3.05) is 28.4 Å². The fourth-order valence-corrected chi connectivity index (χ4v) is 4.26. The van der Waals surface area contributed by atoms with Gasteiger partial charge in [0.05, 0.1) is 40.1 Å². The molecule has 7 heteroatoms. The number of phenolic OH excluding ortho intramolecular Hbond substituents is 1. The molecule has 0 heterocycles. The Balaban J connectivity index is 2.07. The van der Waals surface area contributed by atoms with E-state index in [2.05, 4.69) is 0 Å². The van der Waals surface area contributed by atoms with E-state index < -0.39 is 17.8 Å². The number of fused-ring (bicyclic) bond motifs is 2. The van der Waals surface area contributed by atoms with E-state index in [9.17, 15) is 15.0 Å². The Hall–Kier alpha value is -3.71. The first kappa shape index (κ1) is 21.5. The molecule has 0 amide bonds. The van der Waals surface area contributed by atoms with Gasteiger partial charge in [0.2, 0.25) is 0 Å². The zero-order chi connectivity index (χ0) is 23.0. The van der Waals surface area contributed by atoms with Crippen LogP contribution in [0.3, 0.4) is 0 Å². The molecule has 0 saturated carbocycles. The van der Waals surface area contributed by atoms with Crippen LogP contribution in [0.15, 0.2) is 48.5 Å². The number of methoxy groups -OCH3 is 4. The van der Waals surface area contributed by atoms with E-state index in [1.807, 2.05) is 12.1 Å². The highest BCUT2D eigenvalue weighted by molar-refractivity contribution is 6.14. The van der Waals surface area contributed by atoms with Gasteiger partial charge in [-0.1, -0.05) is 12.1 Å². The second-order valence-corrected chi connectivity index (χ2v) is 7.43. The Labute approximate surface area is 185 Å². The monoisotopic (exact) mass is 436 g/mol. The number of ether oxygens (including phenoxy) is 4. The molecule has 3 aromatic carbocycles. The fourth-order valence-electron chi connectivity index (χ4n) is 4.26. The van der Waals surface area contributed by atoms with Crippen LogP contribution < -0.4 is 18.9 Å². The lowest BCUT2D eigenvalue weighted by Gasteiger charge is -2.26. The van der Waals surface area contributed by atoms with E-state index in [1.54, 1.807) is 37.4 Å². The Morgan fingerprint density at radius 3 is 2.00 bits per heavy atom. The number of carbonyl (C=O) groups is 1. The van der Waals surface area contributed by atoms with Gasteiger partial charge in [0, 0.05) is 29.2 Å². The first-order chi connectivity index (χ1) is 15.4. The standard InChI is InChI=1S/C25H24O7/c1-29-14-7-5-13(6-8-14)21-17-9-15(30-2)11-19(26)22(17)24(27)18-10-16(31-3)12-20(32-4)23(18)25(21)28/h5-12,21,25-26,28H,1-4H3/t21-,25+/m0/s1. The van der Waals surface area contributed by atoms with Crippen molar-refractivity contribution in [3.05, 3.63) is 76.3 Å². The third-order valence-corrected chi connectivity index (χ3v) is 5.82. The SMILES string of the molecule is COc1ccc([C@H]2c3cc(OC)cc(O)c3C(=O)c3cc(OC)cc(OC)c3[C@@H]2O)cc1. The topological polar surface area (TPSA) is 94.5 Å². The average Bonchev–Trinajstić information content (AvgIpc) is 2.91. The number of phenols is 1. The number of aliphatic hydroxyl groups is 1. The summed E-state index contributed by atoms with van der Waals surface area (Å²) in [6, 6.07) is 13.4. The first-order valence-corrected chi connectivity index (χ1v) is 9.97. The van der Waals surface area contributed by atoms with Crippen LogP contribution in [0.1, 0.15) is 44.6 Å². The lowest BCUT2D eigenvalue weighted by Crippen LogP contribution is -2.14. The summed E-state index contributed by atoms with van der Waals surface area (Å²) in [4.78, 5) is 13.7. The Morgan fingerprint density at radius 2 is 1.41 bits per heavy atom. The molecule has 0 aliphatic heterocycles. The van der Waals surface area contributed by atoms with Gasteiger partial charge in [-0.3, -0.25) is 4.79 Å². The Morgan fingerprint density at radius 1 is 0.781 bits per heavy atom. The highest BCUT2D eigenvalue weighted by Crippen LogP contribution is 2.50. The van der Waals surface area contributed by atoms with Crippen molar-refractivity contribution in [2.45, 2.75) is 12.0 Å². The number of hydrogen-bond acceptors (Lipinski definition) is 7. The van der Waals surface area contributed by atoms with Crippen molar-refractivity contribution in [2.24, 2.45) is 0 Å². The van der Waals surface area contributed by atoms with Crippen LogP contribution in [-0.4, -0.2) is 44.4 Å². The van der Waals surface area contributed by atoms with Gasteiger partial charge < -0.3 is 29.2 Å². The summed E-state index contributed by atoms with van der Waals surface area (Å²) >= 11 is 0. The van der Waals surface area contributed by atoms with Crippen molar-refractivity contribution >= 4 is 5.78 Å². The largest absolute Gasteiger partial charge is 0.507 e. The Bertz CT molecular complexity index is 1170. The molecule has 0 bridgehead atoms. The van der Waals surface area contributed by atoms with Gasteiger partial charge in [-0.25, -0.2) is 0 Å². The highest BCUT2D eigenvalue weighted by atomic mass is 16.5. The van der Waals surface area contributed by atoms with Crippen molar-refractivity contribution in [3.63, 3.8) is 0 Å². The van der Waals surface area contributed by atoms with E-state index in [4.69, 9.17) is 18.9 Å². The molecule has 3 aromatic rings. The number of rotatable bonds is 5. The maximum Gasteiger partial charge on any atom is 0.197 e. The molecule has 0 radical (unpaired) electrons. The zero-order valence-electron chi connectivity index (χ0n) is 18.2. The third-order valence-electron chi connectivity index (χ3n) is 5.82. The molecular formula is C25H24O7. The summed E-state index contributed by atoms with van der Waals surface area (Å²) in [6.45, 7) is 0. The van der Waals surface area contributed by atoms with Crippen LogP contribution in [-0.2, 0) is 0 Å². The second-order valence-electron chi connectivity index (χ2n) is 7.43. The zero-order valence-corrected chi connectivity index (χ0v) is 18.2. The lowest BCUT2D eigenvalue weighted by molar-refractivity contribution is 0.103. The van der Waals surface area contributed by atoms with Gasteiger partial charge in [0.1, 0.15) is 28.7 Å². The number of carbonyl (C=O) groups excluding carboxylic acids is 1. The van der Waals surface area contributed by atoms with Crippen molar-refractivity contribution in [1.29, 1.82) is 0 Å². The van der Waals surface area contributed by atoms with Crippen LogP contribution in [0.2, 0.25) is 0 Å². The summed E-state index contributed by atoms with van der Waals surface area (Å²) in [5.41, 5.74) is 1.80. The highest BCUT2D eigenvalue weighted by Gasteiger charge is 2.39. The first-order valence-electron chi connectivity index (χ1n) is 9.97. The molecule has 32 heavy (non-hydrogen) atoms. The summed E-state index contributed by atoms with van der Waals surface area (Å²) in [5.74, 6) is 0.382. The number of aliphatic hydroxyl groups excluding tert-OH is 1. The molecular weight excluding hydrogens is 412 g/mol. The van der Waals surface area contributed by atoms with E-state index in [-0.39, 0.29) is 16.9 Å². The summed E-state index contributed by atoms with van der Waals surface area (Å²) in [5, 5.41) is 22.5. The van der Waals surface area contributed by atoms with Crippen LogP contribution in [0, 0.1) is 0 Å². The number of hydrogen-bond donors (Lipinski definition) is 2. The minimum Gasteiger partial charge on any atom is -0.507 e. The third kappa shape index (κ3) is 3.40. The van der Waals surface area contributed by atoms with Crippen LogP contribution in [0.4, 0.5) is 0 Å². The summed E-state index contributed by atoms with van der Waals surface area (Å²) in [7, 11) is 5.99. The van der Waals surface area contributed by atoms with E-state index in [1.165, 1.54) is 27.4 Å². The molecule has 166 valence electrons. The predicted octanol–water partition coefficient (Wildman–Crippen LogP) is 3.84. The average molecular weight is 436 g/mol. The van der Waals surface area contributed by atoms with Gasteiger partial charge in [0.15, 0.2) is 5.78 Å². The van der Waals surface area contributed by atoms with Crippen LogP contribution in [0.25, 0.3) is 0 Å². The van der Waals surface area contributed by atoms with E-state index in [0.717, 1.165) is 5.56 Å². The Kier molecular flexibility index (Phi) is 5.67. The molecule has 0 fully saturated rings. The molecule has 2 atom stereocenters. The van der Waals surface area contributed by atoms with Crippen molar-refractivity contribution < 1.29 is 34.0 Å². The number of aromatic hydroxyl groups is 1. The van der Waals surface area contributed by atoms with E-state index in [0.29, 0.717) is 34.1 Å². The molecule has 2 N–H and O–H groups in total. The summed E-state index contributed by atoms with van der Waals surface area (Å²) < 4.78 is 21.4. The van der Waals surface area contributed by atoms with Crippen molar-refractivity contribution in [1.82, 2.24) is 0 Å². The lowest BCUT2D eigenvalue weighted by atomic mass is 9.82. The maximum atomic E-state index is 13.7. The van der Waals surface area contributed by atoms with Crippen LogP contribution in [0.5, 0.6) is 28.7 Å². The molecule has 7 nitrogen and oxygen atoms in total. The van der Waals surface area contributed by atoms with Gasteiger partial charge in [0.25, 0.3) is 0 Å². The van der Waals surface area contributed by atoms with Gasteiger partial charge in [-0.15, -0.1) is 0 Å². The molecule has 1 aliphatic carbocycles. The fraction of sp³-hybridized carbons (Fsp3) is 0.240. The molecule has 0 saturated heterocycles. The molecule has 0 aromatic heterocycles.